The average molecular weight is 474 g/mol. The van der Waals surface area contributed by atoms with Crippen LogP contribution in [-0.2, 0) is 11.2 Å². The van der Waals surface area contributed by atoms with Crippen molar-refractivity contribution in [3.8, 4) is 39.7 Å². The van der Waals surface area contributed by atoms with E-state index in [1.807, 2.05) is 84.9 Å². The number of carbonyl (C=O) groups excluding carboxylic acids is 1. The zero-order valence-corrected chi connectivity index (χ0v) is 20.1. The molecule has 0 aliphatic rings. The van der Waals surface area contributed by atoms with Gasteiger partial charge in [0.2, 0.25) is 0 Å². The van der Waals surface area contributed by atoms with Gasteiger partial charge in [0.25, 0.3) is 5.91 Å². The van der Waals surface area contributed by atoms with Crippen LogP contribution < -0.4 is 10.1 Å². The first-order chi connectivity index (χ1) is 17.7. The number of hydrogen-bond donors (Lipinski definition) is 2. The standard InChI is InChI=1S/C31H27N3O2/c1-2-22-11-9-10-16-27(22)32-28(35)21-36-26-19-17-25(18-20-26)31-33-29(23-12-5-3-6-13-23)30(34-31)24-14-7-4-8-15-24/h3-20H,2,21H2,1H3,(H,32,35)(H,33,34). The lowest BCUT2D eigenvalue weighted by molar-refractivity contribution is -0.118. The number of para-hydroxylation sites is 1. The molecule has 0 saturated heterocycles. The second-order valence-corrected chi connectivity index (χ2v) is 8.41. The van der Waals surface area contributed by atoms with Crippen molar-refractivity contribution < 1.29 is 9.53 Å². The van der Waals surface area contributed by atoms with Gasteiger partial charge in [0.05, 0.1) is 11.4 Å². The monoisotopic (exact) mass is 473 g/mol. The Labute approximate surface area is 210 Å². The van der Waals surface area contributed by atoms with Crippen LogP contribution in [0.15, 0.2) is 109 Å². The molecule has 0 aliphatic heterocycles. The molecule has 178 valence electrons. The predicted octanol–water partition coefficient (Wildman–Crippen LogP) is 6.99. The Morgan fingerprint density at radius 2 is 1.42 bits per heavy atom. The maximum absolute atomic E-state index is 12.4. The van der Waals surface area contributed by atoms with Crippen LogP contribution in [-0.4, -0.2) is 22.5 Å². The minimum absolute atomic E-state index is 0.0611. The van der Waals surface area contributed by atoms with Gasteiger partial charge < -0.3 is 15.0 Å². The van der Waals surface area contributed by atoms with Gasteiger partial charge in [0.1, 0.15) is 11.6 Å². The van der Waals surface area contributed by atoms with Crippen LogP contribution in [0.5, 0.6) is 5.75 Å². The molecule has 0 fully saturated rings. The molecule has 36 heavy (non-hydrogen) atoms. The number of aromatic nitrogens is 2. The van der Waals surface area contributed by atoms with Gasteiger partial charge in [-0.15, -0.1) is 0 Å². The van der Waals surface area contributed by atoms with Crippen molar-refractivity contribution in [2.75, 3.05) is 11.9 Å². The van der Waals surface area contributed by atoms with Crippen LogP contribution in [0.2, 0.25) is 0 Å². The fourth-order valence-corrected chi connectivity index (χ4v) is 4.12. The number of H-pyrrole nitrogens is 1. The molecule has 1 amide bonds. The molecule has 0 saturated carbocycles. The lowest BCUT2D eigenvalue weighted by Gasteiger charge is -2.10. The number of anilines is 1. The summed E-state index contributed by atoms with van der Waals surface area (Å²) in [6, 6.07) is 35.8. The highest BCUT2D eigenvalue weighted by Gasteiger charge is 2.15. The number of hydrogen-bond acceptors (Lipinski definition) is 3. The molecule has 1 aromatic heterocycles. The molecule has 1 heterocycles. The number of aromatic amines is 1. The molecular weight excluding hydrogens is 446 g/mol. The number of imidazole rings is 1. The summed E-state index contributed by atoms with van der Waals surface area (Å²) in [5, 5.41) is 2.93. The van der Waals surface area contributed by atoms with Crippen molar-refractivity contribution in [2.45, 2.75) is 13.3 Å². The summed E-state index contributed by atoms with van der Waals surface area (Å²) in [5.41, 5.74) is 6.86. The Kier molecular flexibility index (Phi) is 6.90. The first-order valence-corrected chi connectivity index (χ1v) is 12.0. The summed E-state index contributed by atoms with van der Waals surface area (Å²) in [6.45, 7) is 2.00. The predicted molar refractivity (Wildman–Crippen MR) is 145 cm³/mol. The van der Waals surface area contributed by atoms with E-state index in [1.165, 1.54) is 0 Å². The Morgan fingerprint density at radius 3 is 2.11 bits per heavy atom. The van der Waals surface area contributed by atoms with E-state index in [4.69, 9.17) is 9.72 Å². The van der Waals surface area contributed by atoms with E-state index in [9.17, 15) is 4.79 Å². The van der Waals surface area contributed by atoms with Gasteiger partial charge in [0.15, 0.2) is 6.61 Å². The van der Waals surface area contributed by atoms with E-state index >= 15 is 0 Å². The van der Waals surface area contributed by atoms with Gasteiger partial charge in [-0.25, -0.2) is 4.98 Å². The van der Waals surface area contributed by atoms with Crippen molar-refractivity contribution in [2.24, 2.45) is 0 Å². The van der Waals surface area contributed by atoms with Gasteiger partial charge in [-0.05, 0) is 42.3 Å². The minimum atomic E-state index is -0.189. The number of benzene rings is 4. The molecule has 0 radical (unpaired) electrons. The second kappa shape index (κ2) is 10.7. The van der Waals surface area contributed by atoms with Gasteiger partial charge in [-0.1, -0.05) is 85.8 Å². The van der Waals surface area contributed by atoms with Gasteiger partial charge in [0, 0.05) is 22.4 Å². The smallest absolute Gasteiger partial charge is 0.262 e. The van der Waals surface area contributed by atoms with Crippen molar-refractivity contribution in [3.63, 3.8) is 0 Å². The SMILES string of the molecule is CCc1ccccc1NC(=O)COc1ccc(-c2nc(-c3ccccc3)c(-c3ccccc3)[nH]2)cc1. The molecule has 5 rings (SSSR count). The number of amides is 1. The lowest BCUT2D eigenvalue weighted by atomic mass is 10.1. The highest BCUT2D eigenvalue weighted by Crippen LogP contribution is 2.33. The van der Waals surface area contributed by atoms with Gasteiger partial charge >= 0.3 is 0 Å². The summed E-state index contributed by atoms with van der Waals surface area (Å²) >= 11 is 0. The fourth-order valence-electron chi connectivity index (χ4n) is 4.12. The molecule has 5 nitrogen and oxygen atoms in total. The summed E-state index contributed by atoms with van der Waals surface area (Å²) in [7, 11) is 0. The highest BCUT2D eigenvalue weighted by molar-refractivity contribution is 5.92. The van der Waals surface area contributed by atoms with Gasteiger partial charge in [-0.2, -0.15) is 0 Å². The van der Waals surface area contributed by atoms with E-state index in [-0.39, 0.29) is 12.5 Å². The summed E-state index contributed by atoms with van der Waals surface area (Å²) in [6.07, 6.45) is 0.851. The van der Waals surface area contributed by atoms with Crippen LogP contribution in [0.25, 0.3) is 33.9 Å². The number of carbonyl (C=O) groups is 1. The molecule has 0 atom stereocenters. The fraction of sp³-hybridized carbons (Fsp3) is 0.0968. The maximum Gasteiger partial charge on any atom is 0.262 e. The molecule has 2 N–H and O–H groups in total. The maximum atomic E-state index is 12.4. The van der Waals surface area contributed by atoms with Crippen molar-refractivity contribution in [3.05, 3.63) is 115 Å². The molecule has 5 aromatic rings. The van der Waals surface area contributed by atoms with Crippen LogP contribution in [0.4, 0.5) is 5.69 Å². The number of aryl methyl sites for hydroxylation is 1. The Bertz CT molecular complexity index is 1390. The van der Waals surface area contributed by atoms with Crippen molar-refractivity contribution in [1.29, 1.82) is 0 Å². The largest absolute Gasteiger partial charge is 0.484 e. The summed E-state index contributed by atoms with van der Waals surface area (Å²) < 4.78 is 5.73. The Hall–Kier alpha value is -4.64. The Morgan fingerprint density at radius 1 is 0.778 bits per heavy atom. The molecule has 0 aliphatic carbocycles. The molecular formula is C31H27N3O2. The Balaban J connectivity index is 1.32. The third-order valence-electron chi connectivity index (χ3n) is 5.98. The molecule has 0 spiro atoms. The molecule has 5 heteroatoms. The van der Waals surface area contributed by atoms with Crippen LogP contribution in [0.3, 0.4) is 0 Å². The van der Waals surface area contributed by atoms with E-state index < -0.39 is 0 Å². The van der Waals surface area contributed by atoms with Crippen LogP contribution in [0.1, 0.15) is 12.5 Å². The van der Waals surface area contributed by atoms with E-state index in [2.05, 4.69) is 41.5 Å². The minimum Gasteiger partial charge on any atom is -0.484 e. The number of ether oxygens (including phenoxy) is 1. The third-order valence-corrected chi connectivity index (χ3v) is 5.98. The summed E-state index contributed by atoms with van der Waals surface area (Å²) in [4.78, 5) is 20.8. The van der Waals surface area contributed by atoms with Crippen molar-refractivity contribution >= 4 is 11.6 Å². The van der Waals surface area contributed by atoms with E-state index in [0.29, 0.717) is 5.75 Å². The highest BCUT2D eigenvalue weighted by atomic mass is 16.5. The van der Waals surface area contributed by atoms with Crippen molar-refractivity contribution in [1.82, 2.24) is 9.97 Å². The third kappa shape index (κ3) is 5.20. The lowest BCUT2D eigenvalue weighted by Crippen LogP contribution is -2.20. The zero-order chi connectivity index (χ0) is 24.7. The number of nitrogens with one attached hydrogen (secondary N) is 2. The topological polar surface area (TPSA) is 67.0 Å². The van der Waals surface area contributed by atoms with Gasteiger partial charge in [-0.3, -0.25) is 4.79 Å². The van der Waals surface area contributed by atoms with E-state index in [1.54, 1.807) is 0 Å². The first-order valence-electron chi connectivity index (χ1n) is 12.0. The van der Waals surface area contributed by atoms with Crippen LogP contribution in [0, 0.1) is 0 Å². The summed E-state index contributed by atoms with van der Waals surface area (Å²) in [5.74, 6) is 1.20. The molecule has 4 aromatic carbocycles. The first kappa shape index (κ1) is 23.1. The quantitative estimate of drug-likeness (QED) is 0.255. The average Bonchev–Trinajstić information content (AvgIpc) is 3.39. The second-order valence-electron chi connectivity index (χ2n) is 8.41. The van der Waals surface area contributed by atoms with Crippen LogP contribution >= 0.6 is 0 Å². The molecule has 0 unspecified atom stereocenters. The molecule has 0 bridgehead atoms. The van der Waals surface area contributed by atoms with E-state index in [0.717, 1.165) is 51.6 Å². The normalized spacial score (nSPS) is 10.7. The zero-order valence-electron chi connectivity index (χ0n) is 20.1. The number of rotatable bonds is 8. The number of nitrogens with zero attached hydrogens (tertiary/aromatic N) is 1.